The summed E-state index contributed by atoms with van der Waals surface area (Å²) in [4.78, 5) is 26.2. The fourth-order valence-corrected chi connectivity index (χ4v) is 2.13. The molecule has 0 saturated carbocycles. The van der Waals surface area contributed by atoms with Crippen molar-refractivity contribution in [3.8, 4) is 5.69 Å². The number of rotatable bonds is 3. The number of hydrogen-bond donors (Lipinski definition) is 1. The van der Waals surface area contributed by atoms with Crippen LogP contribution in [-0.4, -0.2) is 14.3 Å². The van der Waals surface area contributed by atoms with E-state index in [0.29, 0.717) is 12.2 Å². The number of nitrogens with zero attached hydrogens (tertiary/aromatic N) is 2. The maximum atomic E-state index is 11.9. The molecule has 0 fully saturated rings. The van der Waals surface area contributed by atoms with E-state index < -0.39 is 11.4 Å². The summed E-state index contributed by atoms with van der Waals surface area (Å²) in [5, 5.41) is 0. The van der Waals surface area contributed by atoms with E-state index in [2.05, 4.69) is 4.98 Å². The first kappa shape index (κ1) is 16.2. The molecule has 0 amide bonds. The molecule has 2 aromatic carbocycles. The molecule has 21 heavy (non-hydrogen) atoms. The molecular weight excluding hydrogens is 293 g/mol. The normalized spacial score (nSPS) is 10.1. The van der Waals surface area contributed by atoms with Crippen LogP contribution in [0.2, 0.25) is 0 Å². The molecule has 1 aromatic heterocycles. The molecule has 102 valence electrons. The third-order valence-corrected chi connectivity index (χ3v) is 3.06. The molecule has 5 nitrogen and oxygen atoms in total. The van der Waals surface area contributed by atoms with E-state index in [0.717, 1.165) is 5.56 Å². The van der Waals surface area contributed by atoms with Crippen LogP contribution >= 0.6 is 0 Å². The minimum absolute atomic E-state index is 0. The van der Waals surface area contributed by atoms with Gasteiger partial charge in [0.2, 0.25) is 0 Å². The van der Waals surface area contributed by atoms with E-state index in [-0.39, 0.29) is 52.8 Å². The first-order valence-electron chi connectivity index (χ1n) is 6.27. The second-order valence-corrected chi connectivity index (χ2v) is 4.43. The van der Waals surface area contributed by atoms with Gasteiger partial charge in [0.1, 0.15) is 0 Å². The predicted octanol–water partition coefficient (Wildman–Crippen LogP) is -1.51. The molecule has 3 rings (SSSR count). The molecule has 1 N–H and O–H groups in total. The molecule has 3 aromatic rings. The smallest absolute Gasteiger partial charge is 1.00 e. The summed E-state index contributed by atoms with van der Waals surface area (Å²) in [6, 6.07) is 18.6. The predicted molar refractivity (Wildman–Crippen MR) is 77.3 cm³/mol. The van der Waals surface area contributed by atoms with Crippen LogP contribution < -0.4 is 62.8 Å². The molecule has 0 aliphatic carbocycles. The van der Waals surface area contributed by atoms with E-state index in [1.165, 1.54) is 9.36 Å². The third kappa shape index (κ3) is 3.53. The zero-order chi connectivity index (χ0) is 13.9. The topological polar surface area (TPSA) is 59.8 Å². The molecule has 0 bridgehead atoms. The van der Waals surface area contributed by atoms with Gasteiger partial charge in [0.05, 0.1) is 12.2 Å². The van der Waals surface area contributed by atoms with Gasteiger partial charge in [-0.3, -0.25) is 4.98 Å². The second-order valence-electron chi connectivity index (χ2n) is 4.43. The summed E-state index contributed by atoms with van der Waals surface area (Å²) in [6.45, 7) is 0.341. The first-order valence-corrected chi connectivity index (χ1v) is 6.27. The minimum atomic E-state index is -0.433. The Morgan fingerprint density at radius 1 is 0.857 bits per heavy atom. The van der Waals surface area contributed by atoms with Crippen molar-refractivity contribution in [3.05, 3.63) is 87.2 Å². The van der Waals surface area contributed by atoms with Gasteiger partial charge in [0, 0.05) is 0 Å². The Labute approximate surface area is 165 Å². The zero-order valence-corrected chi connectivity index (χ0v) is 14.8. The second kappa shape index (κ2) is 7.19. The SMILES string of the molecule is O=c1[nH]c(=O)n(-c2ccccc2)n1Cc1ccccc1.[H-].[K+]. The molecule has 0 atom stereocenters. The summed E-state index contributed by atoms with van der Waals surface area (Å²) < 4.78 is 2.75. The van der Waals surface area contributed by atoms with Gasteiger partial charge in [-0.15, -0.1) is 0 Å². The van der Waals surface area contributed by atoms with Crippen molar-refractivity contribution in [2.75, 3.05) is 0 Å². The summed E-state index contributed by atoms with van der Waals surface area (Å²) in [5.74, 6) is 0. The Morgan fingerprint density at radius 3 is 2.05 bits per heavy atom. The number of aromatic amines is 1. The molecule has 1 heterocycles. The van der Waals surface area contributed by atoms with Crippen LogP contribution in [0.25, 0.3) is 5.69 Å². The number of aromatic nitrogens is 3. The van der Waals surface area contributed by atoms with Crippen molar-refractivity contribution >= 4 is 0 Å². The summed E-state index contributed by atoms with van der Waals surface area (Å²) in [6.07, 6.45) is 0. The minimum Gasteiger partial charge on any atom is -1.00 e. The van der Waals surface area contributed by atoms with Crippen LogP contribution in [0, 0.1) is 0 Å². The van der Waals surface area contributed by atoms with Crippen LogP contribution in [-0.2, 0) is 6.54 Å². The summed E-state index contributed by atoms with van der Waals surface area (Å²) >= 11 is 0. The Balaban J connectivity index is 0.00000121. The van der Waals surface area contributed by atoms with E-state index in [9.17, 15) is 9.59 Å². The van der Waals surface area contributed by atoms with Crippen molar-refractivity contribution in [1.29, 1.82) is 0 Å². The molecule has 6 heteroatoms. The summed E-state index contributed by atoms with van der Waals surface area (Å²) in [5.41, 5.74) is 0.768. The van der Waals surface area contributed by atoms with Gasteiger partial charge in [-0.05, 0) is 17.7 Å². The number of para-hydroxylation sites is 1. The largest absolute Gasteiger partial charge is 1.00 e. The first-order chi connectivity index (χ1) is 9.75. The molecular formula is C15H14KN3O2. The number of nitrogens with one attached hydrogen (secondary N) is 1. The molecule has 0 saturated heterocycles. The van der Waals surface area contributed by atoms with Crippen molar-refractivity contribution < 1.29 is 52.8 Å². The molecule has 0 aliphatic rings. The van der Waals surface area contributed by atoms with Gasteiger partial charge in [-0.25, -0.2) is 14.3 Å². The van der Waals surface area contributed by atoms with Crippen molar-refractivity contribution in [1.82, 2.24) is 14.3 Å². The molecule has 0 radical (unpaired) electrons. The quantitative estimate of drug-likeness (QED) is 0.598. The molecule has 0 spiro atoms. The molecule has 0 aliphatic heterocycles. The average Bonchev–Trinajstić information content (AvgIpc) is 2.75. The van der Waals surface area contributed by atoms with Crippen LogP contribution in [0.15, 0.2) is 70.3 Å². The van der Waals surface area contributed by atoms with Gasteiger partial charge in [0.15, 0.2) is 0 Å². The number of hydrogen-bond acceptors (Lipinski definition) is 2. The van der Waals surface area contributed by atoms with E-state index >= 15 is 0 Å². The van der Waals surface area contributed by atoms with Crippen LogP contribution in [0.1, 0.15) is 6.99 Å². The Kier molecular flexibility index (Phi) is 5.55. The Bertz CT molecular complexity index is 825. The van der Waals surface area contributed by atoms with Gasteiger partial charge < -0.3 is 1.43 Å². The fraction of sp³-hybridized carbons (Fsp3) is 0.0667. The zero-order valence-electron chi connectivity index (χ0n) is 12.7. The van der Waals surface area contributed by atoms with Crippen molar-refractivity contribution in [2.45, 2.75) is 6.54 Å². The Morgan fingerprint density at radius 2 is 1.43 bits per heavy atom. The van der Waals surface area contributed by atoms with Gasteiger partial charge in [0.25, 0.3) is 0 Å². The van der Waals surface area contributed by atoms with Crippen molar-refractivity contribution in [2.24, 2.45) is 0 Å². The van der Waals surface area contributed by atoms with E-state index in [1.807, 2.05) is 48.5 Å². The maximum Gasteiger partial charge on any atom is 1.00 e. The van der Waals surface area contributed by atoms with E-state index in [4.69, 9.17) is 0 Å². The van der Waals surface area contributed by atoms with Crippen LogP contribution in [0.5, 0.6) is 0 Å². The van der Waals surface area contributed by atoms with E-state index in [1.54, 1.807) is 12.1 Å². The Hall–Kier alpha value is -1.18. The number of H-pyrrole nitrogens is 1. The van der Waals surface area contributed by atoms with Gasteiger partial charge in [-0.1, -0.05) is 48.5 Å². The third-order valence-electron chi connectivity index (χ3n) is 3.06. The summed E-state index contributed by atoms with van der Waals surface area (Å²) in [7, 11) is 0. The van der Waals surface area contributed by atoms with Crippen LogP contribution in [0.3, 0.4) is 0 Å². The molecule has 0 unspecified atom stereocenters. The number of benzene rings is 2. The monoisotopic (exact) mass is 307 g/mol. The van der Waals surface area contributed by atoms with Gasteiger partial charge in [-0.2, -0.15) is 4.68 Å². The standard InChI is InChI=1S/C15H13N3O2.K.H/c19-14-16-15(20)18(13-9-5-2-6-10-13)17(14)11-12-7-3-1-4-8-12;;/h1-10H,11H2,(H,16,19,20);;/q;+1;-1. The average molecular weight is 307 g/mol. The van der Waals surface area contributed by atoms with Crippen LogP contribution in [0.4, 0.5) is 0 Å². The maximum absolute atomic E-state index is 11.9. The van der Waals surface area contributed by atoms with Gasteiger partial charge >= 0.3 is 62.8 Å². The van der Waals surface area contributed by atoms with Crippen molar-refractivity contribution in [3.63, 3.8) is 0 Å². The fourth-order valence-electron chi connectivity index (χ4n) is 2.13.